The zero-order valence-corrected chi connectivity index (χ0v) is 65.8. The second kappa shape index (κ2) is 42.7. The lowest BCUT2D eigenvalue weighted by molar-refractivity contribution is -0.141. The van der Waals surface area contributed by atoms with Crippen LogP contribution in [0.15, 0.2) is 73.4 Å². The van der Waals surface area contributed by atoms with Gasteiger partial charge in [-0.15, -0.1) is 0 Å². The summed E-state index contributed by atoms with van der Waals surface area (Å²) in [4.78, 5) is 239. The van der Waals surface area contributed by atoms with Gasteiger partial charge in [0.05, 0.1) is 43.6 Å². The number of primary amides is 1. The van der Waals surface area contributed by atoms with Crippen molar-refractivity contribution >= 4 is 116 Å². The Morgan fingerprint density at radius 1 is 0.579 bits per heavy atom. The van der Waals surface area contributed by atoms with Gasteiger partial charge in [0.25, 0.3) is 0 Å². The maximum atomic E-state index is 15.0. The first-order valence-electron chi connectivity index (χ1n) is 37.8. The summed E-state index contributed by atoms with van der Waals surface area (Å²) in [7, 11) is 0. The van der Waals surface area contributed by atoms with E-state index in [4.69, 9.17) is 5.73 Å². The van der Waals surface area contributed by atoms with E-state index in [2.05, 4.69) is 94.4 Å². The molecule has 1 aliphatic rings. The number of para-hydroxylation sites is 2. The number of carbonyl (C=O) groups is 16. The molecule has 38 nitrogen and oxygen atoms in total. The lowest BCUT2D eigenvalue weighted by atomic mass is 9.98. The predicted molar refractivity (Wildman–Crippen MR) is 414 cm³/mol. The minimum Gasteiger partial charge on any atom is -0.481 e. The van der Waals surface area contributed by atoms with Crippen LogP contribution in [0, 0.1) is 17.8 Å². The van der Waals surface area contributed by atoms with Gasteiger partial charge in [-0.1, -0.05) is 77.9 Å². The number of hydrogen-bond acceptors (Lipinski definition) is 19. The third-order valence-corrected chi connectivity index (χ3v) is 18.5. The second-order valence-electron chi connectivity index (χ2n) is 30.7. The Kier molecular flexibility index (Phi) is 34.1. The number of nitrogens with two attached hydrogens (primary N) is 1. The van der Waals surface area contributed by atoms with Crippen LogP contribution in [-0.2, 0) is 96.0 Å². The largest absolute Gasteiger partial charge is 0.481 e. The number of aliphatic hydroxyl groups excluding tert-OH is 1. The first-order chi connectivity index (χ1) is 53.7. The van der Waals surface area contributed by atoms with Crippen LogP contribution in [0.1, 0.15) is 144 Å². The molecular weight excluding hydrogens is 1480 g/mol. The maximum absolute atomic E-state index is 15.0. The summed E-state index contributed by atoms with van der Waals surface area (Å²) in [5, 5.41) is 67.6. The SMILES string of the molecule is CC(C)C[C@@H]1NC(=O)[C@H](Cc2c[nH]cn2)NC(=O)C(Cc2c[nH]c3ccccc23)NC(=O)[C@H](C)NC(=O)[C@@H](NC(=O)[C@H](CC(=O)O)NC(C)(C)C)CC(=O)NCCC[C@@H](C(=O)N[C@H](C(N)=O)[C@@H](C)O)NC(=O)[C@H](Cc2c[nH]c3ccccc23)NC(=O)[C@H](C(C)C)NC(=O)[C@H](CC(C)C)NC(=O)[C@H](CCC(=O)O)NC(=O)CNC1=O. The Morgan fingerprint density at radius 3 is 1.61 bits per heavy atom. The molecule has 6 rings (SSSR count). The van der Waals surface area contributed by atoms with Crippen LogP contribution in [0.5, 0.6) is 0 Å². The number of aromatic amines is 3. The van der Waals surface area contributed by atoms with Gasteiger partial charge in [-0.25, -0.2) is 4.98 Å². The van der Waals surface area contributed by atoms with E-state index in [9.17, 15) is 82.4 Å². The highest BCUT2D eigenvalue weighted by Crippen LogP contribution is 2.23. The molecule has 1 fully saturated rings. The Bertz CT molecular complexity index is 4240. The Labute approximate surface area is 658 Å². The van der Waals surface area contributed by atoms with Gasteiger partial charge in [0.1, 0.15) is 66.5 Å². The van der Waals surface area contributed by atoms with Crippen molar-refractivity contribution in [2.75, 3.05) is 13.1 Å². The number of carboxylic acids is 2. The molecule has 38 heteroatoms. The number of carbonyl (C=O) groups excluding carboxylic acids is 14. The highest BCUT2D eigenvalue weighted by Gasteiger charge is 2.39. The van der Waals surface area contributed by atoms with Gasteiger partial charge >= 0.3 is 11.9 Å². The zero-order chi connectivity index (χ0) is 84.4. The number of amides is 14. The number of imidazole rings is 1. The lowest BCUT2D eigenvalue weighted by Gasteiger charge is -2.29. The van der Waals surface area contributed by atoms with Gasteiger partial charge in [0.2, 0.25) is 82.7 Å². The Balaban J connectivity index is 1.44. The summed E-state index contributed by atoms with van der Waals surface area (Å²) < 4.78 is 0. The quantitative estimate of drug-likeness (QED) is 0.0332. The number of aliphatic carboxylic acids is 2. The summed E-state index contributed by atoms with van der Waals surface area (Å²) >= 11 is 0. The van der Waals surface area contributed by atoms with Crippen molar-refractivity contribution in [1.29, 1.82) is 0 Å². The highest BCUT2D eigenvalue weighted by atomic mass is 16.4. The molecule has 2 aromatic carbocycles. The fourth-order valence-electron chi connectivity index (χ4n) is 12.7. The minimum absolute atomic E-state index is 0.0614. The minimum atomic E-state index is -1.89. The van der Waals surface area contributed by atoms with Crippen LogP contribution >= 0.6 is 0 Å². The fraction of sp³-hybridized carbons (Fsp3) is 0.539. The molecule has 14 amide bonds. The molecule has 0 radical (unpaired) electrons. The Hall–Kier alpha value is -11.8. The van der Waals surface area contributed by atoms with E-state index in [0.29, 0.717) is 32.9 Å². The molecule has 5 aromatic rings. The molecule has 0 saturated carbocycles. The summed E-state index contributed by atoms with van der Waals surface area (Å²) in [5.74, 6) is -18.5. The molecule has 0 bridgehead atoms. The smallest absolute Gasteiger partial charge is 0.305 e. The fourth-order valence-corrected chi connectivity index (χ4v) is 12.7. The van der Waals surface area contributed by atoms with E-state index in [1.165, 1.54) is 19.4 Å². The zero-order valence-electron chi connectivity index (χ0n) is 65.8. The number of aromatic nitrogens is 4. The van der Waals surface area contributed by atoms with Crippen molar-refractivity contribution in [3.63, 3.8) is 0 Å². The monoisotopic (exact) mass is 1590 g/mol. The van der Waals surface area contributed by atoms with Crippen LogP contribution < -0.4 is 80.2 Å². The predicted octanol–water partition coefficient (Wildman–Crippen LogP) is -2.12. The van der Waals surface area contributed by atoms with Crippen LogP contribution in [0.4, 0.5) is 0 Å². The van der Waals surface area contributed by atoms with E-state index in [0.717, 1.165) is 6.92 Å². The lowest BCUT2D eigenvalue weighted by Crippen LogP contribution is -2.61. The van der Waals surface area contributed by atoms with Gasteiger partial charge < -0.3 is 110 Å². The van der Waals surface area contributed by atoms with Gasteiger partial charge in [0, 0.05) is 78.2 Å². The van der Waals surface area contributed by atoms with E-state index >= 15 is 9.59 Å². The number of carboxylic acid groups (broad SMARTS) is 2. The van der Waals surface area contributed by atoms with E-state index in [1.807, 2.05) is 0 Å². The molecule has 22 N–H and O–H groups in total. The molecule has 0 spiro atoms. The van der Waals surface area contributed by atoms with E-state index < -0.39 is 217 Å². The molecule has 1 unspecified atom stereocenters. The first kappa shape index (κ1) is 91.1. The van der Waals surface area contributed by atoms with Crippen molar-refractivity contribution in [2.24, 2.45) is 23.5 Å². The summed E-state index contributed by atoms with van der Waals surface area (Å²) in [5.41, 5.74) is 7.16. The number of nitrogens with zero attached hydrogens (tertiary/aromatic N) is 1. The number of rotatable bonds is 23. The molecule has 114 heavy (non-hydrogen) atoms. The number of hydrogen-bond donors (Lipinski definition) is 21. The van der Waals surface area contributed by atoms with Crippen molar-refractivity contribution in [3.8, 4) is 0 Å². The molecule has 0 aliphatic carbocycles. The summed E-state index contributed by atoms with van der Waals surface area (Å²) in [6, 6.07) is -5.32. The molecule has 1 aliphatic heterocycles. The molecular formula is C76H109N19O19. The Morgan fingerprint density at radius 2 is 1.10 bits per heavy atom. The number of benzene rings is 2. The van der Waals surface area contributed by atoms with Crippen LogP contribution in [0.2, 0.25) is 0 Å². The standard InChI is InChI=1S/C76H109N19O19/c1-37(2)25-51-66(105)82-35-59(98)85-50(22-23-60(99)100)67(106)89-52(26-38(3)4)73(112)93-62(39(5)6)75(114)92-54(28-43-33-81-48-20-15-13-18-46(43)48)70(109)86-49(68(107)94-63(41(8)96)64(77)103)21-16-24-79-58(97)30-56(91-74(113)57(31-61(101)102)95-76(9,10)11)69(108)84-40(7)65(104)87-53(27-42-32-80-47-19-14-12-17-45(42)47)71(110)90-55(72(111)88-51)29-44-34-78-36-83-44/h12-15,17-20,32-34,36-41,49-57,62-63,80-81,95-96H,16,21-31,35H2,1-11H3,(H2,77,103)(H,78,83)(H,79,97)(H,82,105)(H,84,108)(H,85,98)(H,86,109)(H,87,104)(H,88,111)(H,89,106)(H,90,110)(H,91,113)(H,92,114)(H,93,112)(H,94,107)(H,99,100)(H,101,102)/t40-,41+,49-,50-,51-,52-,53?,54-,55-,56-,57-,62-,63-/m0/s1. The average molecular weight is 1590 g/mol. The number of aliphatic hydroxyl groups is 1. The van der Waals surface area contributed by atoms with Gasteiger partial charge in [-0.2, -0.15) is 0 Å². The van der Waals surface area contributed by atoms with Crippen LogP contribution in [-0.4, -0.2) is 227 Å². The molecule has 13 atom stereocenters. The normalized spacial score (nSPS) is 22.9. The maximum Gasteiger partial charge on any atom is 0.305 e. The number of fused-ring (bicyclic) bond motifs is 2. The van der Waals surface area contributed by atoms with Crippen LogP contribution in [0.25, 0.3) is 21.8 Å². The third-order valence-electron chi connectivity index (χ3n) is 18.5. The molecule has 622 valence electrons. The molecule has 4 heterocycles. The summed E-state index contributed by atoms with van der Waals surface area (Å²) in [6.07, 6.45) is -0.215. The van der Waals surface area contributed by atoms with Gasteiger partial charge in [-0.05, 0) is 108 Å². The van der Waals surface area contributed by atoms with E-state index in [1.54, 1.807) is 123 Å². The van der Waals surface area contributed by atoms with Gasteiger partial charge in [0.15, 0.2) is 0 Å². The second-order valence-corrected chi connectivity index (χ2v) is 30.7. The number of nitrogens with one attached hydrogen (secondary N) is 17. The topological polar surface area (TPSA) is 589 Å². The first-order valence-corrected chi connectivity index (χ1v) is 37.8. The number of H-pyrrole nitrogens is 3. The summed E-state index contributed by atoms with van der Waals surface area (Å²) in [6.45, 7) is 16.1. The molecule has 1 saturated heterocycles. The van der Waals surface area contributed by atoms with Crippen molar-refractivity contribution in [3.05, 3.63) is 90.3 Å². The van der Waals surface area contributed by atoms with E-state index in [-0.39, 0.29) is 69.0 Å². The van der Waals surface area contributed by atoms with Gasteiger partial charge in [-0.3, -0.25) is 76.7 Å². The molecule has 3 aromatic heterocycles. The van der Waals surface area contributed by atoms with Crippen LogP contribution in [0.3, 0.4) is 0 Å². The highest BCUT2D eigenvalue weighted by molar-refractivity contribution is 6.01. The van der Waals surface area contributed by atoms with Crippen molar-refractivity contribution in [1.82, 2.24) is 94.4 Å². The van der Waals surface area contributed by atoms with Crippen molar-refractivity contribution in [2.45, 2.75) is 231 Å². The third kappa shape index (κ3) is 28.7. The van der Waals surface area contributed by atoms with Crippen molar-refractivity contribution < 1.29 is 92.0 Å². The average Bonchev–Trinajstić information content (AvgIpc) is 1.61.